The van der Waals surface area contributed by atoms with Crippen LogP contribution in [0.25, 0.3) is 0 Å². The number of fused-ring (bicyclic) bond motifs is 2. The molecule has 0 bridgehead atoms. The number of nitrogens with zero attached hydrogens (tertiary/aromatic N) is 4. The number of benzene rings is 2. The first-order chi connectivity index (χ1) is 18.4. The summed E-state index contributed by atoms with van der Waals surface area (Å²) in [5, 5.41) is 7.75. The first kappa shape index (κ1) is 24.5. The molecular formula is C29H26Cl2N6O. The number of hydrogen-bond donors (Lipinski definition) is 2. The maximum atomic E-state index is 14.2. The second-order valence-corrected chi connectivity index (χ2v) is 10.3. The number of halogens is 2. The lowest BCUT2D eigenvalue weighted by Gasteiger charge is -2.39. The van der Waals surface area contributed by atoms with E-state index in [-0.39, 0.29) is 5.78 Å². The van der Waals surface area contributed by atoms with E-state index in [0.717, 1.165) is 33.9 Å². The molecule has 0 aromatic heterocycles. The van der Waals surface area contributed by atoms with E-state index in [1.165, 1.54) is 0 Å². The summed E-state index contributed by atoms with van der Waals surface area (Å²) in [4.78, 5) is 27.1. The highest BCUT2D eigenvalue weighted by molar-refractivity contribution is 6.31. The number of anilines is 2. The van der Waals surface area contributed by atoms with Gasteiger partial charge in [-0.25, -0.2) is 0 Å². The van der Waals surface area contributed by atoms with Gasteiger partial charge in [0.15, 0.2) is 5.78 Å². The van der Waals surface area contributed by atoms with Gasteiger partial charge in [-0.15, -0.1) is 0 Å². The van der Waals surface area contributed by atoms with Crippen LogP contribution in [0.3, 0.4) is 0 Å². The van der Waals surface area contributed by atoms with Crippen LogP contribution >= 0.6 is 23.2 Å². The molecule has 2 N–H and O–H groups in total. The Hall–Kier alpha value is -3.81. The van der Waals surface area contributed by atoms with Crippen molar-refractivity contribution in [3.8, 4) is 0 Å². The highest BCUT2D eigenvalue weighted by atomic mass is 35.5. The standard InChI is InChI=1S/C29H26Cl2N6O/c1-17(36-25(30)11-13-32-23-15-19-7-3-5-9-21(19)34-28(23)36)27(38)18(2)37-26(31)12-14-33-24-16-20-8-4-6-10-22(20)35-29(24)37/h3-14,17-18,34-35H,15-16H2,1-2H3. The minimum absolute atomic E-state index is 0.0630. The normalized spacial score (nSPS) is 19.5. The molecule has 192 valence electrons. The van der Waals surface area contributed by atoms with Gasteiger partial charge in [0.2, 0.25) is 0 Å². The zero-order valence-electron chi connectivity index (χ0n) is 21.0. The lowest BCUT2D eigenvalue weighted by atomic mass is 10.0. The van der Waals surface area contributed by atoms with E-state index < -0.39 is 12.1 Å². The first-order valence-electron chi connectivity index (χ1n) is 12.5. The predicted octanol–water partition coefficient (Wildman–Crippen LogP) is 5.94. The zero-order chi connectivity index (χ0) is 26.4. The summed E-state index contributed by atoms with van der Waals surface area (Å²) < 4.78 is 0. The van der Waals surface area contributed by atoms with Gasteiger partial charge in [-0.05, 0) is 49.3 Å². The number of ketones is 1. The number of nitrogens with one attached hydrogen (secondary N) is 2. The third-order valence-corrected chi connectivity index (χ3v) is 7.84. The lowest BCUT2D eigenvalue weighted by Crippen LogP contribution is -2.49. The fraction of sp³-hybridized carbons (Fsp3) is 0.207. The van der Waals surface area contributed by atoms with Crippen molar-refractivity contribution in [3.63, 3.8) is 0 Å². The maximum absolute atomic E-state index is 14.2. The van der Waals surface area contributed by atoms with Crippen LogP contribution in [0.2, 0.25) is 0 Å². The Morgan fingerprint density at radius 1 is 0.763 bits per heavy atom. The largest absolute Gasteiger partial charge is 0.340 e. The number of carbonyl (C=O) groups is 1. The Balaban J connectivity index is 1.33. The van der Waals surface area contributed by atoms with E-state index in [9.17, 15) is 4.79 Å². The van der Waals surface area contributed by atoms with Crippen molar-refractivity contribution >= 4 is 52.8 Å². The van der Waals surface area contributed by atoms with Gasteiger partial charge in [-0.2, -0.15) is 0 Å². The van der Waals surface area contributed by atoms with Crippen LogP contribution in [0.15, 0.2) is 104 Å². The Morgan fingerprint density at radius 3 is 1.63 bits per heavy atom. The second kappa shape index (κ2) is 9.82. The van der Waals surface area contributed by atoms with E-state index in [4.69, 9.17) is 23.2 Å². The molecule has 9 heteroatoms. The summed E-state index contributed by atoms with van der Waals surface area (Å²) in [6.45, 7) is 3.72. The number of para-hydroxylation sites is 2. The molecule has 4 aliphatic rings. The molecule has 4 aliphatic heterocycles. The average molecular weight is 545 g/mol. The van der Waals surface area contributed by atoms with Gasteiger partial charge in [0.05, 0.1) is 23.5 Å². The Kier molecular flexibility index (Phi) is 6.33. The van der Waals surface area contributed by atoms with Crippen LogP contribution < -0.4 is 10.6 Å². The van der Waals surface area contributed by atoms with Crippen LogP contribution in [0.1, 0.15) is 25.0 Å². The monoisotopic (exact) mass is 544 g/mol. The van der Waals surface area contributed by atoms with Crippen molar-refractivity contribution < 1.29 is 4.79 Å². The summed E-state index contributed by atoms with van der Waals surface area (Å²) >= 11 is 13.5. The van der Waals surface area contributed by atoms with Crippen LogP contribution in [0, 0.1) is 0 Å². The van der Waals surface area contributed by atoms with Crippen LogP contribution in [0.5, 0.6) is 0 Å². The molecule has 2 aromatic rings. The topological polar surface area (TPSA) is 72.3 Å². The molecule has 7 nitrogen and oxygen atoms in total. The average Bonchev–Trinajstić information content (AvgIpc) is 3.18. The minimum atomic E-state index is -0.619. The number of hydrogen-bond acceptors (Lipinski definition) is 7. The molecule has 0 spiro atoms. The highest BCUT2D eigenvalue weighted by Gasteiger charge is 2.38. The molecule has 0 saturated carbocycles. The molecular weight excluding hydrogens is 519 g/mol. The fourth-order valence-electron chi connectivity index (χ4n) is 5.25. The van der Waals surface area contributed by atoms with Gasteiger partial charge >= 0.3 is 0 Å². The summed E-state index contributed by atoms with van der Waals surface area (Å²) in [5.41, 5.74) is 5.86. The fourth-order valence-corrected chi connectivity index (χ4v) is 5.82. The molecule has 2 atom stereocenters. The van der Waals surface area contributed by atoms with Crippen molar-refractivity contribution in [2.75, 3.05) is 10.6 Å². The van der Waals surface area contributed by atoms with Crippen LogP contribution in [-0.2, 0) is 17.6 Å². The van der Waals surface area contributed by atoms with Gasteiger partial charge in [0.1, 0.15) is 22.0 Å². The Bertz CT molecular complexity index is 1410. The van der Waals surface area contributed by atoms with E-state index in [0.29, 0.717) is 34.8 Å². The summed E-state index contributed by atoms with van der Waals surface area (Å²) in [6, 6.07) is 14.9. The van der Waals surface area contributed by atoms with E-state index >= 15 is 0 Å². The van der Waals surface area contributed by atoms with Crippen molar-refractivity contribution in [2.24, 2.45) is 9.98 Å². The van der Waals surface area contributed by atoms with E-state index in [2.05, 4.69) is 32.8 Å². The molecule has 0 radical (unpaired) electrons. The molecule has 2 aromatic carbocycles. The quantitative estimate of drug-likeness (QED) is 0.466. The zero-order valence-corrected chi connectivity index (χ0v) is 22.5. The van der Waals surface area contributed by atoms with Gasteiger partial charge in [0.25, 0.3) is 0 Å². The highest BCUT2D eigenvalue weighted by Crippen LogP contribution is 2.37. The number of rotatable bonds is 4. The smallest absolute Gasteiger partial charge is 0.177 e. The number of carbonyl (C=O) groups excluding carboxylic acids is 1. The van der Waals surface area contributed by atoms with Crippen molar-refractivity contribution in [1.29, 1.82) is 0 Å². The SMILES string of the molecule is CC(C(=O)C(C)N1C(Cl)=CC=NC2=C1Nc1ccccc1C2)N1C(Cl)=CC=NC2=C1Nc1ccccc1C2. The molecule has 38 heavy (non-hydrogen) atoms. The molecule has 0 aliphatic carbocycles. The van der Waals surface area contributed by atoms with Gasteiger partial charge in [-0.1, -0.05) is 59.6 Å². The van der Waals surface area contributed by atoms with Crippen molar-refractivity contribution in [2.45, 2.75) is 38.8 Å². The summed E-state index contributed by atoms with van der Waals surface area (Å²) in [6.07, 6.45) is 8.07. The van der Waals surface area contributed by atoms with E-state index in [1.54, 1.807) is 24.6 Å². The van der Waals surface area contributed by atoms with Crippen molar-refractivity contribution in [3.05, 3.63) is 105 Å². The number of Topliss-reactive ketones (excluding diaryl/α,β-unsaturated/α-hetero) is 1. The Morgan fingerprint density at radius 2 is 1.18 bits per heavy atom. The molecule has 6 rings (SSSR count). The van der Waals surface area contributed by atoms with Gasteiger partial charge < -0.3 is 20.4 Å². The van der Waals surface area contributed by atoms with Crippen LogP contribution in [0.4, 0.5) is 11.4 Å². The molecule has 0 amide bonds. The van der Waals surface area contributed by atoms with Gasteiger partial charge in [-0.3, -0.25) is 14.8 Å². The molecule has 0 saturated heterocycles. The summed E-state index contributed by atoms with van der Waals surface area (Å²) in [7, 11) is 0. The third-order valence-electron chi connectivity index (χ3n) is 7.23. The Labute approximate surface area is 231 Å². The van der Waals surface area contributed by atoms with Gasteiger partial charge in [0, 0.05) is 36.6 Å². The van der Waals surface area contributed by atoms with Crippen LogP contribution in [-0.4, -0.2) is 40.1 Å². The molecule has 4 heterocycles. The number of allylic oxidation sites excluding steroid dienone is 4. The predicted molar refractivity (Wildman–Crippen MR) is 154 cm³/mol. The third kappa shape index (κ3) is 4.22. The minimum Gasteiger partial charge on any atom is -0.340 e. The second-order valence-electron chi connectivity index (χ2n) is 9.54. The molecule has 2 unspecified atom stereocenters. The summed E-state index contributed by atoms with van der Waals surface area (Å²) in [5.74, 6) is 1.35. The lowest BCUT2D eigenvalue weighted by molar-refractivity contribution is -0.126. The first-order valence-corrected chi connectivity index (χ1v) is 13.3. The number of aliphatic imine (C=N–C) groups is 2. The van der Waals surface area contributed by atoms with Crippen molar-refractivity contribution in [1.82, 2.24) is 9.80 Å². The maximum Gasteiger partial charge on any atom is 0.177 e. The molecule has 0 fully saturated rings. The van der Waals surface area contributed by atoms with E-state index in [1.807, 2.05) is 60.0 Å².